The summed E-state index contributed by atoms with van der Waals surface area (Å²) in [7, 11) is 0. The van der Waals surface area contributed by atoms with Gasteiger partial charge in [-0.3, -0.25) is 19.6 Å². The summed E-state index contributed by atoms with van der Waals surface area (Å²) in [6.07, 6.45) is 2.01. The van der Waals surface area contributed by atoms with Gasteiger partial charge in [-0.15, -0.1) is 0 Å². The Morgan fingerprint density at radius 3 is 1.52 bits per heavy atom. The molecule has 0 saturated carbocycles. The van der Waals surface area contributed by atoms with Crippen LogP contribution in [0.3, 0.4) is 0 Å². The molecule has 0 fully saturated rings. The van der Waals surface area contributed by atoms with Crippen LogP contribution in [0, 0.1) is 0 Å². The van der Waals surface area contributed by atoms with Gasteiger partial charge >= 0.3 is 0 Å². The van der Waals surface area contributed by atoms with Crippen LogP contribution in [0.4, 0.5) is 0 Å². The number of carbonyl (C=O) groups excluding carboxylic acids is 4. The van der Waals surface area contributed by atoms with Gasteiger partial charge in [0.1, 0.15) is 12.6 Å². The molecule has 6 N–H and O–H groups in total. The average molecular weight is 573 g/mol. The molecular weight excluding hydrogens is 532 g/mol. The topological polar surface area (TPSA) is 151 Å². The highest BCUT2D eigenvalue weighted by atomic mass is 16.2. The van der Waals surface area contributed by atoms with Crippen LogP contribution >= 0.6 is 0 Å². The molecule has 2 amide bonds. The van der Waals surface area contributed by atoms with Gasteiger partial charge in [0, 0.05) is 51.9 Å². The van der Waals surface area contributed by atoms with Crippen LogP contribution in [0.15, 0.2) is 72.8 Å². The first kappa shape index (κ1) is 32.3. The van der Waals surface area contributed by atoms with Crippen LogP contribution in [0.5, 0.6) is 0 Å². The van der Waals surface area contributed by atoms with Crippen molar-refractivity contribution in [1.29, 1.82) is 0 Å². The molecule has 10 nitrogen and oxygen atoms in total. The molecule has 222 valence electrons. The maximum atomic E-state index is 12.9. The molecule has 0 atom stereocenters. The molecule has 0 aliphatic rings. The maximum Gasteiger partial charge on any atom is 0.237 e. The number of rotatable bonds is 18. The summed E-state index contributed by atoms with van der Waals surface area (Å²) in [6.45, 7) is 2.28. The second kappa shape index (κ2) is 17.6. The van der Waals surface area contributed by atoms with Gasteiger partial charge in [0.2, 0.25) is 11.8 Å². The SMILES string of the molecule is NCc1ccc(CN(NCc2cccc(CNN(Cc3cccc(CN)c3)C(=O)CCC=O)c2)C(=O)CCC=O)cc1. The highest BCUT2D eigenvalue weighted by Gasteiger charge is 2.16. The van der Waals surface area contributed by atoms with Gasteiger partial charge < -0.3 is 21.1 Å². The van der Waals surface area contributed by atoms with Gasteiger partial charge in [-0.25, -0.2) is 10.9 Å². The zero-order valence-corrected chi connectivity index (χ0v) is 23.8. The van der Waals surface area contributed by atoms with Crippen molar-refractivity contribution >= 4 is 24.4 Å². The summed E-state index contributed by atoms with van der Waals surface area (Å²) >= 11 is 0. The van der Waals surface area contributed by atoms with Crippen molar-refractivity contribution in [3.63, 3.8) is 0 Å². The van der Waals surface area contributed by atoms with Gasteiger partial charge in [-0.05, 0) is 33.4 Å². The minimum atomic E-state index is -0.179. The van der Waals surface area contributed by atoms with Crippen LogP contribution in [0.1, 0.15) is 59.1 Å². The first-order valence-electron chi connectivity index (χ1n) is 14.0. The molecule has 0 aliphatic heterocycles. The lowest BCUT2D eigenvalue weighted by molar-refractivity contribution is -0.136. The van der Waals surface area contributed by atoms with Gasteiger partial charge in [-0.2, -0.15) is 0 Å². The summed E-state index contributed by atoms with van der Waals surface area (Å²) in [5.41, 5.74) is 23.6. The van der Waals surface area contributed by atoms with Crippen LogP contribution in [-0.4, -0.2) is 34.4 Å². The van der Waals surface area contributed by atoms with E-state index in [0.717, 1.165) is 46.0 Å². The summed E-state index contributed by atoms with van der Waals surface area (Å²) in [5.74, 6) is -0.354. The van der Waals surface area contributed by atoms with Gasteiger partial charge in [0.05, 0.1) is 13.1 Å². The number of aldehydes is 2. The average Bonchev–Trinajstić information content (AvgIpc) is 3.03. The third-order valence-corrected chi connectivity index (χ3v) is 6.66. The predicted octanol–water partition coefficient (Wildman–Crippen LogP) is 2.63. The molecule has 0 saturated heterocycles. The van der Waals surface area contributed by atoms with Crippen LogP contribution in [-0.2, 0) is 58.4 Å². The van der Waals surface area contributed by atoms with Crippen LogP contribution < -0.4 is 22.3 Å². The molecule has 0 unspecified atom stereocenters. The van der Waals surface area contributed by atoms with Crippen LogP contribution in [0.2, 0.25) is 0 Å². The smallest absolute Gasteiger partial charge is 0.237 e. The number of nitrogens with one attached hydrogen (secondary N) is 2. The summed E-state index contributed by atoms with van der Waals surface area (Å²) in [4.78, 5) is 47.4. The van der Waals surface area contributed by atoms with E-state index in [1.165, 1.54) is 10.0 Å². The number of hydrogen-bond donors (Lipinski definition) is 4. The van der Waals surface area contributed by atoms with E-state index in [2.05, 4.69) is 10.9 Å². The zero-order chi connectivity index (χ0) is 30.2. The standard InChI is InChI=1S/C32H40N6O4/c33-19-25-11-13-26(14-12-25)23-37(31(41)9-3-15-39)35-21-28-6-2-7-29(18-28)22-36-38(32(42)10-4-16-40)24-30-8-1-5-27(17-30)20-34/h1-2,5-8,11-18,35-36H,3-4,9-10,19-24,33-34H2. The Bertz CT molecular complexity index is 1310. The molecule has 3 aromatic carbocycles. The fourth-order valence-corrected chi connectivity index (χ4v) is 4.32. The molecule has 3 aromatic rings. The number of hydrazine groups is 2. The van der Waals surface area contributed by atoms with E-state index in [0.29, 0.717) is 39.3 Å². The van der Waals surface area contributed by atoms with Crippen molar-refractivity contribution in [2.24, 2.45) is 11.5 Å². The molecule has 0 aliphatic carbocycles. The Kier molecular flexibility index (Phi) is 13.5. The van der Waals surface area contributed by atoms with Crippen molar-refractivity contribution in [3.05, 3.63) is 106 Å². The number of benzene rings is 3. The number of nitrogens with zero attached hydrogens (tertiary/aromatic N) is 2. The maximum absolute atomic E-state index is 12.9. The van der Waals surface area contributed by atoms with E-state index >= 15 is 0 Å². The summed E-state index contributed by atoms with van der Waals surface area (Å²) in [6, 6.07) is 23.3. The Morgan fingerprint density at radius 1 is 0.595 bits per heavy atom. The van der Waals surface area contributed by atoms with Crippen molar-refractivity contribution < 1.29 is 19.2 Å². The molecular formula is C32H40N6O4. The second-order valence-corrected chi connectivity index (χ2v) is 9.90. The molecule has 0 bridgehead atoms. The molecule has 0 radical (unpaired) electrons. The largest absolute Gasteiger partial charge is 0.326 e. The Labute approximate surface area is 247 Å². The molecule has 3 rings (SSSR count). The second-order valence-electron chi connectivity index (χ2n) is 9.90. The van der Waals surface area contributed by atoms with E-state index in [1.807, 2.05) is 72.8 Å². The minimum absolute atomic E-state index is 0.111. The van der Waals surface area contributed by atoms with E-state index in [4.69, 9.17) is 11.5 Å². The summed E-state index contributed by atoms with van der Waals surface area (Å²) in [5, 5.41) is 3.07. The minimum Gasteiger partial charge on any atom is -0.326 e. The predicted molar refractivity (Wildman–Crippen MR) is 160 cm³/mol. The lowest BCUT2D eigenvalue weighted by Gasteiger charge is -2.25. The van der Waals surface area contributed by atoms with Gasteiger partial charge in [0.25, 0.3) is 0 Å². The monoisotopic (exact) mass is 572 g/mol. The number of nitrogens with two attached hydrogens (primary N) is 2. The van der Waals surface area contributed by atoms with Crippen LogP contribution in [0.25, 0.3) is 0 Å². The lowest BCUT2D eigenvalue weighted by atomic mass is 10.1. The molecule has 0 aromatic heterocycles. The molecule has 0 heterocycles. The molecule has 10 heteroatoms. The normalized spacial score (nSPS) is 10.7. The molecule has 42 heavy (non-hydrogen) atoms. The van der Waals surface area contributed by atoms with Crippen molar-refractivity contribution in [1.82, 2.24) is 20.9 Å². The third-order valence-electron chi connectivity index (χ3n) is 6.66. The highest BCUT2D eigenvalue weighted by Crippen LogP contribution is 2.12. The fourth-order valence-electron chi connectivity index (χ4n) is 4.32. The Balaban J connectivity index is 1.66. The first-order valence-corrected chi connectivity index (χ1v) is 14.0. The van der Waals surface area contributed by atoms with Crippen molar-refractivity contribution in [3.8, 4) is 0 Å². The van der Waals surface area contributed by atoms with E-state index in [-0.39, 0.29) is 37.5 Å². The van der Waals surface area contributed by atoms with Crippen molar-refractivity contribution in [2.75, 3.05) is 0 Å². The van der Waals surface area contributed by atoms with E-state index < -0.39 is 0 Å². The zero-order valence-electron chi connectivity index (χ0n) is 23.8. The number of hydrogen-bond acceptors (Lipinski definition) is 8. The summed E-state index contributed by atoms with van der Waals surface area (Å²) < 4.78 is 0. The van der Waals surface area contributed by atoms with Gasteiger partial charge in [0.15, 0.2) is 0 Å². The van der Waals surface area contributed by atoms with E-state index in [1.54, 1.807) is 0 Å². The lowest BCUT2D eigenvalue weighted by Crippen LogP contribution is -2.42. The Morgan fingerprint density at radius 2 is 1.02 bits per heavy atom. The fraction of sp³-hybridized carbons (Fsp3) is 0.312. The van der Waals surface area contributed by atoms with Gasteiger partial charge in [-0.1, -0.05) is 72.8 Å². The highest BCUT2D eigenvalue weighted by molar-refractivity contribution is 5.78. The Hall–Kier alpha value is -4.22. The molecule has 0 spiro atoms. The van der Waals surface area contributed by atoms with E-state index in [9.17, 15) is 19.2 Å². The quantitative estimate of drug-likeness (QED) is 0.134. The number of amides is 2. The van der Waals surface area contributed by atoms with Crippen molar-refractivity contribution in [2.45, 2.75) is 65.0 Å². The number of carbonyl (C=O) groups is 4. The first-order chi connectivity index (χ1) is 20.4. The third kappa shape index (κ3) is 10.6.